The molecule has 0 amide bonds. The van der Waals surface area contributed by atoms with Gasteiger partial charge >= 0.3 is 0 Å². The lowest BCUT2D eigenvalue weighted by atomic mass is 10.1. The molecule has 0 saturated heterocycles. The highest BCUT2D eigenvalue weighted by molar-refractivity contribution is 6.26. The van der Waals surface area contributed by atoms with Crippen LogP contribution in [0.1, 0.15) is 0 Å². The zero-order valence-corrected chi connectivity index (χ0v) is 37.5. The van der Waals surface area contributed by atoms with E-state index in [0.717, 1.165) is 88.3 Å². The lowest BCUT2D eigenvalue weighted by Crippen LogP contribution is -2.06. The van der Waals surface area contributed by atoms with Crippen molar-refractivity contribution in [2.45, 2.75) is 0 Å². The molecule has 0 N–H and O–H groups in total. The van der Waals surface area contributed by atoms with Gasteiger partial charge in [-0.15, -0.1) is 0 Å². The molecule has 0 unspecified atom stereocenters. The minimum absolute atomic E-state index is 0.544. The van der Waals surface area contributed by atoms with E-state index in [-0.39, 0.29) is 0 Å². The van der Waals surface area contributed by atoms with Crippen molar-refractivity contribution in [1.82, 2.24) is 28.7 Å². The zero-order valence-electron chi connectivity index (χ0n) is 37.5. The van der Waals surface area contributed by atoms with Crippen LogP contribution in [0.2, 0.25) is 0 Å². The largest absolute Gasteiger partial charge is 0.456 e. The lowest BCUT2D eigenvalue weighted by Gasteiger charge is -2.13. The SMILES string of the molecule is c1ccc(-c2cccc(-n3c4ccccc4c4c3ccc3c5ccccc5n(-c5cccc(-c6nc(-c7ccc8oc9ccccc9c8c7)nc(-n7c8ccccc8c8ccccc87)n6)c5)c34)c2)cc1. The van der Waals surface area contributed by atoms with Gasteiger partial charge in [0.1, 0.15) is 11.2 Å². The standard InChI is InChI=1S/C63H38N6O/c1-2-16-39(17-3-1)40-18-14-20-43(36-40)67-55-30-12-7-26-50(55)59-56(67)34-33-49-47-24-6-9-27-52(47)68(60(49)59)44-21-15-19-41(37-44)61-64-62(42-32-35-58-51(38-42)48-25-8-13-31-57(48)70-58)66-63(65-61)69-53-28-10-4-22-45(53)46-23-5-11-29-54(46)69/h1-38H. The van der Waals surface area contributed by atoms with Gasteiger partial charge in [0, 0.05) is 65.6 Å². The second kappa shape index (κ2) is 15.0. The van der Waals surface area contributed by atoms with Gasteiger partial charge in [-0.3, -0.25) is 4.57 Å². The average molecular weight is 895 g/mol. The molecule has 70 heavy (non-hydrogen) atoms. The fourth-order valence-electron chi connectivity index (χ4n) is 11.0. The summed E-state index contributed by atoms with van der Waals surface area (Å²) >= 11 is 0. The third-order valence-electron chi connectivity index (χ3n) is 14.1. The van der Waals surface area contributed by atoms with Crippen LogP contribution < -0.4 is 0 Å². The first-order valence-corrected chi connectivity index (χ1v) is 23.6. The van der Waals surface area contributed by atoms with Gasteiger partial charge in [0.25, 0.3) is 0 Å². The predicted octanol–water partition coefficient (Wildman–Crippen LogP) is 16.1. The van der Waals surface area contributed by atoms with Crippen molar-refractivity contribution < 1.29 is 4.42 Å². The maximum atomic E-state index is 6.26. The lowest BCUT2D eigenvalue weighted by molar-refractivity contribution is 0.669. The van der Waals surface area contributed by atoms with Crippen molar-refractivity contribution in [3.8, 4) is 51.2 Å². The molecule has 0 radical (unpaired) electrons. The molecule has 0 saturated carbocycles. The first kappa shape index (κ1) is 38.5. The van der Waals surface area contributed by atoms with Crippen molar-refractivity contribution in [2.75, 3.05) is 0 Å². The number of furan rings is 1. The minimum atomic E-state index is 0.544. The van der Waals surface area contributed by atoms with Gasteiger partial charge in [-0.2, -0.15) is 9.97 Å². The molecule has 0 bridgehead atoms. The molecule has 0 atom stereocenters. The maximum Gasteiger partial charge on any atom is 0.238 e. The maximum absolute atomic E-state index is 6.26. The molecule has 0 aliphatic heterocycles. The predicted molar refractivity (Wildman–Crippen MR) is 286 cm³/mol. The van der Waals surface area contributed by atoms with Crippen molar-refractivity contribution in [3.05, 3.63) is 231 Å². The Kier molecular flexibility index (Phi) is 8.23. The first-order valence-electron chi connectivity index (χ1n) is 23.6. The Hall–Kier alpha value is -9.59. The summed E-state index contributed by atoms with van der Waals surface area (Å²) in [6.07, 6.45) is 0. The highest BCUT2D eigenvalue weighted by Gasteiger charge is 2.23. The molecule has 7 heteroatoms. The van der Waals surface area contributed by atoms with Crippen LogP contribution in [0.3, 0.4) is 0 Å². The Morgan fingerprint density at radius 3 is 1.51 bits per heavy atom. The van der Waals surface area contributed by atoms with Gasteiger partial charge < -0.3 is 13.6 Å². The quantitative estimate of drug-likeness (QED) is 0.167. The van der Waals surface area contributed by atoms with Gasteiger partial charge in [-0.25, -0.2) is 4.98 Å². The van der Waals surface area contributed by atoms with Crippen LogP contribution in [0.4, 0.5) is 0 Å². The van der Waals surface area contributed by atoms with Crippen LogP contribution in [-0.4, -0.2) is 28.7 Å². The summed E-state index contributed by atoms with van der Waals surface area (Å²) in [6, 6.07) is 81.6. The molecule has 0 aliphatic rings. The highest BCUT2D eigenvalue weighted by Crippen LogP contribution is 2.43. The van der Waals surface area contributed by atoms with Crippen LogP contribution in [0.25, 0.3) is 139 Å². The number of fused-ring (bicyclic) bond motifs is 13. The summed E-state index contributed by atoms with van der Waals surface area (Å²) in [4.78, 5) is 16.0. The number of nitrogens with zero attached hydrogens (tertiary/aromatic N) is 6. The number of rotatable bonds is 6. The number of hydrogen-bond donors (Lipinski definition) is 0. The summed E-state index contributed by atoms with van der Waals surface area (Å²) in [5.41, 5.74) is 14.5. The molecular formula is C63H38N6O. The second-order valence-corrected chi connectivity index (χ2v) is 18.0. The number of benzene rings is 10. The van der Waals surface area contributed by atoms with E-state index >= 15 is 0 Å². The summed E-state index contributed by atoms with van der Waals surface area (Å²) < 4.78 is 13.3. The third kappa shape index (κ3) is 5.72. The van der Waals surface area contributed by atoms with E-state index in [4.69, 9.17) is 19.4 Å². The average Bonchev–Trinajstić information content (AvgIpc) is 4.17. The summed E-state index contributed by atoms with van der Waals surface area (Å²) in [5.74, 6) is 1.69. The molecule has 5 aromatic heterocycles. The van der Waals surface area contributed by atoms with E-state index in [0.29, 0.717) is 17.6 Å². The Balaban J connectivity index is 0.973. The summed E-state index contributed by atoms with van der Waals surface area (Å²) in [5, 5.41) is 9.09. The minimum Gasteiger partial charge on any atom is -0.456 e. The van der Waals surface area contributed by atoms with Crippen molar-refractivity contribution in [3.63, 3.8) is 0 Å². The fourth-order valence-corrected chi connectivity index (χ4v) is 11.0. The summed E-state index contributed by atoms with van der Waals surface area (Å²) in [6.45, 7) is 0. The van der Waals surface area contributed by atoms with Crippen LogP contribution in [0.15, 0.2) is 235 Å². The number of para-hydroxylation sites is 5. The molecular weight excluding hydrogens is 857 g/mol. The van der Waals surface area contributed by atoms with E-state index in [9.17, 15) is 0 Å². The van der Waals surface area contributed by atoms with E-state index in [1.165, 1.54) is 32.7 Å². The Bertz CT molecular complexity index is 4560. The van der Waals surface area contributed by atoms with E-state index < -0.39 is 0 Å². The van der Waals surface area contributed by atoms with Gasteiger partial charge in [0.2, 0.25) is 5.95 Å². The Labute approximate surface area is 400 Å². The molecule has 0 aliphatic carbocycles. The number of hydrogen-bond acceptors (Lipinski definition) is 4. The molecule has 10 aromatic carbocycles. The van der Waals surface area contributed by atoms with Gasteiger partial charge in [-0.05, 0) is 90.0 Å². The zero-order chi connectivity index (χ0) is 45.9. The van der Waals surface area contributed by atoms with Crippen LogP contribution >= 0.6 is 0 Å². The molecule has 7 nitrogen and oxygen atoms in total. The van der Waals surface area contributed by atoms with Gasteiger partial charge in [0.05, 0.1) is 33.1 Å². The molecule has 15 aromatic rings. The van der Waals surface area contributed by atoms with E-state index in [2.05, 4.69) is 214 Å². The monoisotopic (exact) mass is 894 g/mol. The van der Waals surface area contributed by atoms with Gasteiger partial charge in [-0.1, -0.05) is 152 Å². The van der Waals surface area contributed by atoms with Crippen molar-refractivity contribution in [1.29, 1.82) is 0 Å². The summed E-state index contributed by atoms with van der Waals surface area (Å²) in [7, 11) is 0. The Morgan fingerprint density at radius 2 is 0.800 bits per heavy atom. The molecule has 5 heterocycles. The molecule has 0 fully saturated rings. The smallest absolute Gasteiger partial charge is 0.238 e. The van der Waals surface area contributed by atoms with E-state index in [1.807, 2.05) is 30.3 Å². The fraction of sp³-hybridized carbons (Fsp3) is 0. The third-order valence-corrected chi connectivity index (χ3v) is 14.1. The molecule has 15 rings (SSSR count). The second-order valence-electron chi connectivity index (χ2n) is 18.0. The van der Waals surface area contributed by atoms with Crippen molar-refractivity contribution in [2.24, 2.45) is 0 Å². The van der Waals surface area contributed by atoms with Crippen LogP contribution in [0, 0.1) is 0 Å². The van der Waals surface area contributed by atoms with Gasteiger partial charge in [0.15, 0.2) is 11.6 Å². The molecule has 0 spiro atoms. The molecule has 326 valence electrons. The first-order chi connectivity index (χ1) is 34.7. The van der Waals surface area contributed by atoms with Crippen LogP contribution in [0.5, 0.6) is 0 Å². The number of aromatic nitrogens is 6. The normalized spacial score (nSPS) is 12.0. The van der Waals surface area contributed by atoms with Crippen molar-refractivity contribution >= 4 is 87.4 Å². The Morgan fingerprint density at radius 1 is 0.286 bits per heavy atom. The van der Waals surface area contributed by atoms with Crippen LogP contribution in [-0.2, 0) is 0 Å². The highest BCUT2D eigenvalue weighted by atomic mass is 16.3. The topological polar surface area (TPSA) is 66.6 Å². The van der Waals surface area contributed by atoms with E-state index in [1.54, 1.807) is 0 Å².